The Kier molecular flexibility index (Phi) is 5.99. The third-order valence-electron chi connectivity index (χ3n) is 4.47. The van der Waals surface area contributed by atoms with E-state index in [0.29, 0.717) is 23.5 Å². The van der Waals surface area contributed by atoms with Crippen LogP contribution in [0.4, 0.5) is 5.82 Å². The minimum absolute atomic E-state index is 0.0351. The maximum absolute atomic E-state index is 10.3. The predicted molar refractivity (Wildman–Crippen MR) is 93.7 cm³/mol. The van der Waals surface area contributed by atoms with Crippen molar-refractivity contribution in [2.24, 2.45) is 0 Å². The van der Waals surface area contributed by atoms with Crippen molar-refractivity contribution in [2.45, 2.75) is 37.6 Å². The van der Waals surface area contributed by atoms with Crippen LogP contribution in [0.1, 0.15) is 13.2 Å². The zero-order valence-corrected chi connectivity index (χ0v) is 14.7. The molecule has 0 radical (unpaired) electrons. The van der Waals surface area contributed by atoms with Crippen LogP contribution in [-0.4, -0.2) is 89.2 Å². The van der Waals surface area contributed by atoms with Crippen molar-refractivity contribution in [1.82, 2.24) is 19.5 Å². The Bertz CT molecular complexity index is 810. The van der Waals surface area contributed by atoms with Gasteiger partial charge in [0.25, 0.3) is 0 Å². The van der Waals surface area contributed by atoms with Gasteiger partial charge in [0.15, 0.2) is 23.2 Å². The summed E-state index contributed by atoms with van der Waals surface area (Å²) in [4.78, 5) is 12.6. The molecule has 6 N–H and O–H groups in total. The number of aliphatic hydroxyl groups excluding tert-OH is 5. The van der Waals surface area contributed by atoms with E-state index in [2.05, 4.69) is 20.3 Å². The molecule has 27 heavy (non-hydrogen) atoms. The van der Waals surface area contributed by atoms with Gasteiger partial charge in [0.05, 0.1) is 19.5 Å². The Balaban J connectivity index is 1.89. The van der Waals surface area contributed by atoms with Crippen molar-refractivity contribution in [3.05, 3.63) is 24.3 Å². The Morgan fingerprint density at radius 3 is 2.67 bits per heavy atom. The fourth-order valence-corrected chi connectivity index (χ4v) is 2.87. The van der Waals surface area contributed by atoms with Crippen molar-refractivity contribution < 1.29 is 30.3 Å². The Morgan fingerprint density at radius 2 is 1.96 bits per heavy atom. The number of imidazole rings is 1. The first-order valence-electron chi connectivity index (χ1n) is 8.46. The van der Waals surface area contributed by atoms with Crippen molar-refractivity contribution >= 4 is 17.0 Å². The van der Waals surface area contributed by atoms with E-state index in [1.165, 1.54) is 17.2 Å². The summed E-state index contributed by atoms with van der Waals surface area (Å²) in [6, 6.07) is 0. The molecule has 2 aromatic heterocycles. The molecule has 5 atom stereocenters. The highest BCUT2D eigenvalue weighted by molar-refractivity contribution is 5.82. The number of rotatable bonds is 6. The minimum Gasteiger partial charge on any atom is -0.394 e. The molecule has 1 fully saturated rings. The van der Waals surface area contributed by atoms with E-state index >= 15 is 0 Å². The van der Waals surface area contributed by atoms with Gasteiger partial charge < -0.3 is 35.6 Å². The smallest absolute Gasteiger partial charge is 0.167 e. The van der Waals surface area contributed by atoms with Gasteiger partial charge in [-0.15, -0.1) is 0 Å². The molecule has 1 aliphatic heterocycles. The monoisotopic (exact) mass is 381 g/mol. The molecule has 0 bridgehead atoms. The summed E-state index contributed by atoms with van der Waals surface area (Å²) < 4.78 is 6.96. The van der Waals surface area contributed by atoms with Crippen LogP contribution in [0.5, 0.6) is 0 Å². The first-order valence-corrected chi connectivity index (χ1v) is 8.46. The summed E-state index contributed by atoms with van der Waals surface area (Å²) >= 11 is 0. The van der Waals surface area contributed by atoms with E-state index in [0.717, 1.165) is 5.57 Å². The van der Waals surface area contributed by atoms with Gasteiger partial charge in [0.1, 0.15) is 30.7 Å². The lowest BCUT2D eigenvalue weighted by Gasteiger charge is -2.40. The van der Waals surface area contributed by atoms with Crippen LogP contribution in [0.25, 0.3) is 11.2 Å². The fourth-order valence-electron chi connectivity index (χ4n) is 2.87. The Morgan fingerprint density at radius 1 is 1.19 bits per heavy atom. The number of ether oxygens (including phenoxy) is 1. The largest absolute Gasteiger partial charge is 0.394 e. The number of hydrogen-bond donors (Lipinski definition) is 6. The van der Waals surface area contributed by atoms with Crippen LogP contribution >= 0.6 is 0 Å². The molecule has 1 saturated heterocycles. The highest BCUT2D eigenvalue weighted by Gasteiger charge is 2.44. The van der Waals surface area contributed by atoms with Gasteiger partial charge in [0, 0.05) is 6.54 Å². The molecule has 0 saturated carbocycles. The van der Waals surface area contributed by atoms with Crippen LogP contribution in [0, 0.1) is 0 Å². The molecule has 148 valence electrons. The molecule has 0 aliphatic carbocycles. The highest BCUT2D eigenvalue weighted by Crippen LogP contribution is 2.31. The zero-order chi connectivity index (χ0) is 19.6. The van der Waals surface area contributed by atoms with Crippen LogP contribution < -0.4 is 5.32 Å². The quantitative estimate of drug-likeness (QED) is 0.313. The standard InChI is InChI=1S/C16H23N5O6/c1-8(4-22)2-3-17-14-10-15(19-6-18-14)21(7-20-10)16-13(26)12(25)11(24)9(5-23)27-16/h2,6-7,9,11-13,16,22-26H,3-5H2,1H3,(H,17,18,19)/b8-2+/t9-,11-,12+,13-,16?/m1/s1. The lowest BCUT2D eigenvalue weighted by Crippen LogP contribution is -2.56. The second-order valence-electron chi connectivity index (χ2n) is 6.36. The van der Waals surface area contributed by atoms with Crippen molar-refractivity contribution in [3.63, 3.8) is 0 Å². The van der Waals surface area contributed by atoms with Gasteiger partial charge in [-0.2, -0.15) is 0 Å². The van der Waals surface area contributed by atoms with E-state index < -0.39 is 37.3 Å². The maximum atomic E-state index is 10.3. The average Bonchev–Trinajstić information content (AvgIpc) is 3.11. The number of aliphatic hydroxyl groups is 5. The summed E-state index contributed by atoms with van der Waals surface area (Å²) in [5.74, 6) is 0.449. The number of anilines is 1. The number of fused-ring (bicyclic) bond motifs is 1. The van der Waals surface area contributed by atoms with Gasteiger partial charge >= 0.3 is 0 Å². The van der Waals surface area contributed by atoms with Gasteiger partial charge in [-0.3, -0.25) is 4.57 Å². The molecular formula is C16H23N5O6. The van der Waals surface area contributed by atoms with Gasteiger partial charge in [0.2, 0.25) is 0 Å². The molecular weight excluding hydrogens is 358 g/mol. The van der Waals surface area contributed by atoms with Crippen molar-refractivity contribution in [3.8, 4) is 0 Å². The lowest BCUT2D eigenvalue weighted by molar-refractivity contribution is -0.250. The van der Waals surface area contributed by atoms with Gasteiger partial charge in [-0.05, 0) is 6.92 Å². The third-order valence-corrected chi connectivity index (χ3v) is 4.47. The summed E-state index contributed by atoms with van der Waals surface area (Å²) in [6.45, 7) is 1.66. The first-order chi connectivity index (χ1) is 13.0. The molecule has 3 rings (SSSR count). The molecule has 11 nitrogen and oxygen atoms in total. The number of nitrogens with zero attached hydrogens (tertiary/aromatic N) is 4. The van der Waals surface area contributed by atoms with Crippen LogP contribution in [0.3, 0.4) is 0 Å². The van der Waals surface area contributed by atoms with Crippen molar-refractivity contribution in [1.29, 1.82) is 0 Å². The minimum atomic E-state index is -1.50. The molecule has 0 spiro atoms. The maximum Gasteiger partial charge on any atom is 0.167 e. The summed E-state index contributed by atoms with van der Waals surface area (Å²) in [5, 5.41) is 51.6. The molecule has 11 heteroatoms. The topological polar surface area (TPSA) is 166 Å². The predicted octanol–water partition coefficient (Wildman–Crippen LogP) is -1.85. The van der Waals surface area contributed by atoms with E-state index in [-0.39, 0.29) is 6.61 Å². The summed E-state index contributed by atoms with van der Waals surface area (Å²) in [6.07, 6.45) is -2.00. The van der Waals surface area contributed by atoms with Crippen LogP contribution in [0.15, 0.2) is 24.3 Å². The first kappa shape index (κ1) is 19.6. The van der Waals surface area contributed by atoms with Crippen LogP contribution in [-0.2, 0) is 4.74 Å². The van der Waals surface area contributed by atoms with E-state index in [1.54, 1.807) is 6.92 Å². The normalized spacial score (nSPS) is 29.3. The Hall–Kier alpha value is -2.15. The third kappa shape index (κ3) is 3.78. The van der Waals surface area contributed by atoms with Gasteiger partial charge in [-0.1, -0.05) is 11.6 Å². The van der Waals surface area contributed by atoms with Crippen molar-refractivity contribution in [2.75, 3.05) is 25.1 Å². The second kappa shape index (κ2) is 8.25. The molecule has 0 amide bonds. The van der Waals surface area contributed by atoms with E-state index in [1.807, 2.05) is 6.08 Å². The van der Waals surface area contributed by atoms with E-state index in [4.69, 9.17) is 9.84 Å². The number of nitrogens with one attached hydrogen (secondary N) is 1. The molecule has 1 aliphatic rings. The number of hydrogen-bond acceptors (Lipinski definition) is 10. The highest BCUT2D eigenvalue weighted by atomic mass is 16.6. The zero-order valence-electron chi connectivity index (χ0n) is 14.7. The van der Waals surface area contributed by atoms with Gasteiger partial charge in [-0.25, -0.2) is 15.0 Å². The number of aromatic nitrogens is 4. The Labute approximate surface area is 154 Å². The van der Waals surface area contributed by atoms with E-state index in [9.17, 15) is 20.4 Å². The average molecular weight is 381 g/mol. The molecule has 2 aromatic rings. The lowest BCUT2D eigenvalue weighted by atomic mass is 9.98. The molecule has 0 aromatic carbocycles. The molecule has 1 unspecified atom stereocenters. The fraction of sp³-hybridized carbons (Fsp3) is 0.562. The summed E-state index contributed by atoms with van der Waals surface area (Å²) in [5.41, 5.74) is 1.57. The SMILES string of the molecule is C/C(=C\CNc1ncnc2c1ncn2C1O[C@H](CO)[C@@H](O)[C@H](O)[C@H]1O)CO. The second-order valence-corrected chi connectivity index (χ2v) is 6.36. The molecule has 3 heterocycles. The van der Waals surface area contributed by atoms with Crippen LogP contribution in [0.2, 0.25) is 0 Å². The summed E-state index contributed by atoms with van der Waals surface area (Å²) in [7, 11) is 0.